The molecule has 6 atom stereocenters. The Morgan fingerprint density at radius 3 is 2.19 bits per heavy atom. The van der Waals surface area contributed by atoms with E-state index in [1.54, 1.807) is 45.2 Å². The minimum absolute atomic E-state index is 0.140. The molecule has 2 aromatic carbocycles. The number of hydrogen-bond acceptors (Lipinski definition) is 10. The first-order valence-electron chi connectivity index (χ1n) is 20.6. The third-order valence-corrected chi connectivity index (χ3v) is 10.9. The van der Waals surface area contributed by atoms with Crippen molar-refractivity contribution < 1.29 is 43.5 Å². The highest BCUT2D eigenvalue weighted by Gasteiger charge is 2.41. The first-order valence-corrected chi connectivity index (χ1v) is 20.6. The molecule has 6 N–H and O–H groups in total. The van der Waals surface area contributed by atoms with Crippen molar-refractivity contribution in [3.63, 3.8) is 0 Å². The zero-order chi connectivity index (χ0) is 41.2. The van der Waals surface area contributed by atoms with Crippen LogP contribution in [-0.4, -0.2) is 109 Å². The van der Waals surface area contributed by atoms with E-state index < -0.39 is 47.9 Å². The molecule has 0 saturated heterocycles. The van der Waals surface area contributed by atoms with E-state index in [0.717, 1.165) is 43.1 Å². The van der Waals surface area contributed by atoms with Crippen molar-refractivity contribution in [1.29, 1.82) is 0 Å². The number of nitrogens with zero attached hydrogens (tertiary/aromatic N) is 1. The molecule has 4 rings (SSSR count). The number of benzene rings is 2. The fraction of sp³-hybridized carbons (Fsp3) is 0.628. The molecule has 0 bridgehead atoms. The number of hydrogen-bond donors (Lipinski definition) is 6. The molecular formula is C43H65N5O9. The number of rotatable bonds is 25. The number of aromatic nitrogens is 2. The normalized spacial score (nSPS) is 16.7. The van der Waals surface area contributed by atoms with Gasteiger partial charge in [0, 0.05) is 7.11 Å². The molecule has 14 heteroatoms. The molecular weight excluding hydrogens is 730 g/mol. The lowest BCUT2D eigenvalue weighted by atomic mass is 9.79. The number of amides is 3. The number of fused-ring (bicyclic) bond motifs is 1. The van der Waals surface area contributed by atoms with Crippen molar-refractivity contribution in [2.75, 3.05) is 46.8 Å². The van der Waals surface area contributed by atoms with Crippen LogP contribution in [0.1, 0.15) is 88.8 Å². The van der Waals surface area contributed by atoms with Gasteiger partial charge in [-0.15, -0.1) is 0 Å². The SMILES string of the molecule is CCC(C)C(NC(=O)[C@H](C(C)C)[C@@H](O)[C@H](O)[C@H](CC1CCCCC1)NC(=O)c1ccccc1OCCOCCOCCOC)C(=O)NCc1nc2ccccc2[nH]1. The lowest BCUT2D eigenvalue weighted by Gasteiger charge is -2.36. The van der Waals surface area contributed by atoms with Crippen molar-refractivity contribution >= 4 is 28.8 Å². The number of ether oxygens (including phenoxy) is 4. The second-order valence-corrected chi connectivity index (χ2v) is 15.4. The molecule has 2 unspecified atom stereocenters. The summed E-state index contributed by atoms with van der Waals surface area (Å²) in [6.07, 6.45) is 3.14. The zero-order valence-electron chi connectivity index (χ0n) is 34.3. The third kappa shape index (κ3) is 14.1. The zero-order valence-corrected chi connectivity index (χ0v) is 34.3. The van der Waals surface area contributed by atoms with Gasteiger partial charge in [-0.1, -0.05) is 90.5 Å². The second-order valence-electron chi connectivity index (χ2n) is 15.4. The standard InChI is InChI=1S/C43H65N5O9/c1-6-29(4)38(43(53)44-27-36-45-32-17-11-12-18-33(32)46-36)48-42(52)37(28(2)3)40(50)39(49)34(26-30-14-8-7-9-15-30)47-41(51)31-16-10-13-19-35(31)57-25-24-56-23-22-55-21-20-54-5/h10-13,16-19,28-30,34,37-40,49-50H,6-9,14-15,20-27H2,1-5H3,(H,44,53)(H,45,46)(H,47,51)(H,48,52)/t29?,34-,37+,38?,39+,40+/m0/s1. The van der Waals surface area contributed by atoms with Crippen LogP contribution < -0.4 is 20.7 Å². The van der Waals surface area contributed by atoms with E-state index in [1.807, 2.05) is 38.1 Å². The maximum atomic E-state index is 14.1. The quantitative estimate of drug-likeness (QED) is 0.0664. The summed E-state index contributed by atoms with van der Waals surface area (Å²) in [6.45, 7) is 9.86. The smallest absolute Gasteiger partial charge is 0.255 e. The number of aliphatic hydroxyl groups excluding tert-OH is 2. The largest absolute Gasteiger partial charge is 0.490 e. The van der Waals surface area contributed by atoms with Gasteiger partial charge in [-0.25, -0.2) is 4.98 Å². The Hall–Kier alpha value is -4.08. The van der Waals surface area contributed by atoms with Gasteiger partial charge < -0.3 is 50.1 Å². The van der Waals surface area contributed by atoms with E-state index in [0.29, 0.717) is 50.8 Å². The highest BCUT2D eigenvalue weighted by molar-refractivity contribution is 5.97. The summed E-state index contributed by atoms with van der Waals surface area (Å²) in [7, 11) is 1.61. The van der Waals surface area contributed by atoms with Crippen LogP contribution in [0, 0.1) is 23.7 Å². The summed E-state index contributed by atoms with van der Waals surface area (Å²) < 4.78 is 21.9. The van der Waals surface area contributed by atoms with E-state index in [2.05, 4.69) is 25.9 Å². The maximum absolute atomic E-state index is 14.1. The molecule has 3 amide bonds. The van der Waals surface area contributed by atoms with Gasteiger partial charge in [0.15, 0.2) is 0 Å². The Morgan fingerprint density at radius 2 is 1.51 bits per heavy atom. The molecule has 1 aliphatic rings. The highest BCUT2D eigenvalue weighted by atomic mass is 16.6. The van der Waals surface area contributed by atoms with Crippen molar-refractivity contribution in [3.05, 3.63) is 59.9 Å². The number of aromatic amines is 1. The molecule has 1 aromatic heterocycles. The number of nitrogens with one attached hydrogen (secondary N) is 4. The molecule has 1 heterocycles. The number of carbonyl (C=O) groups excluding carboxylic acids is 3. The predicted octanol–water partition coefficient (Wildman–Crippen LogP) is 4.53. The molecule has 1 fully saturated rings. The molecule has 1 aliphatic carbocycles. The van der Waals surface area contributed by atoms with Gasteiger partial charge in [0.2, 0.25) is 11.8 Å². The lowest BCUT2D eigenvalue weighted by Crippen LogP contribution is -2.57. The Labute approximate surface area is 337 Å². The number of para-hydroxylation sites is 3. The monoisotopic (exact) mass is 795 g/mol. The van der Waals surface area contributed by atoms with Gasteiger partial charge in [0.25, 0.3) is 5.91 Å². The van der Waals surface area contributed by atoms with Crippen molar-refractivity contribution in [2.45, 2.75) is 103 Å². The van der Waals surface area contributed by atoms with Gasteiger partial charge >= 0.3 is 0 Å². The minimum atomic E-state index is -1.54. The number of methoxy groups -OCH3 is 1. The number of H-pyrrole nitrogens is 1. The summed E-state index contributed by atoms with van der Waals surface area (Å²) >= 11 is 0. The fourth-order valence-electron chi connectivity index (χ4n) is 7.39. The molecule has 14 nitrogen and oxygen atoms in total. The Morgan fingerprint density at radius 1 is 0.842 bits per heavy atom. The van der Waals surface area contributed by atoms with Gasteiger partial charge in [-0.2, -0.15) is 0 Å². The van der Waals surface area contributed by atoms with Gasteiger partial charge in [0.1, 0.15) is 30.3 Å². The fourth-order valence-corrected chi connectivity index (χ4v) is 7.39. The highest BCUT2D eigenvalue weighted by Crippen LogP contribution is 2.31. The number of aliphatic hydroxyl groups is 2. The van der Waals surface area contributed by atoms with E-state index in [1.165, 1.54) is 0 Å². The molecule has 57 heavy (non-hydrogen) atoms. The summed E-state index contributed by atoms with van der Waals surface area (Å²) in [5, 5.41) is 32.6. The molecule has 0 spiro atoms. The van der Waals surface area contributed by atoms with Crippen LogP contribution in [0.4, 0.5) is 0 Å². The van der Waals surface area contributed by atoms with Gasteiger partial charge in [-0.3, -0.25) is 14.4 Å². The van der Waals surface area contributed by atoms with Crippen LogP contribution in [0.25, 0.3) is 11.0 Å². The summed E-state index contributed by atoms with van der Waals surface area (Å²) in [4.78, 5) is 49.3. The van der Waals surface area contributed by atoms with E-state index >= 15 is 0 Å². The topological polar surface area (TPSA) is 193 Å². The van der Waals surface area contributed by atoms with Crippen molar-refractivity contribution in [3.8, 4) is 5.75 Å². The summed E-state index contributed by atoms with van der Waals surface area (Å²) in [5.74, 6) is -1.95. The molecule has 1 saturated carbocycles. The Balaban J connectivity index is 1.43. The Bertz CT molecular complexity index is 1630. The van der Waals surface area contributed by atoms with Crippen LogP contribution in [0.3, 0.4) is 0 Å². The van der Waals surface area contributed by atoms with Gasteiger partial charge in [0.05, 0.1) is 74.2 Å². The summed E-state index contributed by atoms with van der Waals surface area (Å²) in [5.41, 5.74) is 1.92. The molecule has 0 radical (unpaired) electrons. The van der Waals surface area contributed by atoms with Gasteiger partial charge in [-0.05, 0) is 48.4 Å². The average molecular weight is 796 g/mol. The third-order valence-electron chi connectivity index (χ3n) is 10.9. The molecule has 3 aromatic rings. The maximum Gasteiger partial charge on any atom is 0.255 e. The molecule has 316 valence electrons. The van der Waals surface area contributed by atoms with Crippen molar-refractivity contribution in [1.82, 2.24) is 25.9 Å². The van der Waals surface area contributed by atoms with Crippen LogP contribution in [0.2, 0.25) is 0 Å². The number of carbonyl (C=O) groups is 3. The van der Waals surface area contributed by atoms with Crippen LogP contribution in [-0.2, 0) is 30.3 Å². The summed E-state index contributed by atoms with van der Waals surface area (Å²) in [6, 6.07) is 12.7. The van der Waals surface area contributed by atoms with E-state index in [-0.39, 0.29) is 43.1 Å². The first-order chi connectivity index (χ1) is 27.5. The van der Waals surface area contributed by atoms with Crippen LogP contribution in [0.15, 0.2) is 48.5 Å². The Kier molecular flexibility index (Phi) is 19.2. The second kappa shape index (κ2) is 24.0. The predicted molar refractivity (Wildman–Crippen MR) is 218 cm³/mol. The first kappa shape index (κ1) is 45.6. The van der Waals surface area contributed by atoms with Crippen LogP contribution >= 0.6 is 0 Å². The average Bonchev–Trinajstić information content (AvgIpc) is 3.64. The van der Waals surface area contributed by atoms with E-state index in [4.69, 9.17) is 18.9 Å². The van der Waals surface area contributed by atoms with Crippen molar-refractivity contribution in [2.24, 2.45) is 23.7 Å². The number of imidazole rings is 1. The van der Waals surface area contributed by atoms with Crippen LogP contribution in [0.5, 0.6) is 5.75 Å². The lowest BCUT2D eigenvalue weighted by molar-refractivity contribution is -0.140. The minimum Gasteiger partial charge on any atom is -0.490 e. The molecule has 0 aliphatic heterocycles. The van der Waals surface area contributed by atoms with E-state index in [9.17, 15) is 24.6 Å².